The fraction of sp³-hybridized carbons (Fsp3) is 0.0714. The van der Waals surface area contributed by atoms with Crippen LogP contribution in [-0.4, -0.2) is 20.2 Å². The molecule has 100 valence electrons. The van der Waals surface area contributed by atoms with Gasteiger partial charge in [0.25, 0.3) is 5.56 Å². The molecule has 0 saturated carbocycles. The zero-order valence-electron chi connectivity index (χ0n) is 10.7. The summed E-state index contributed by atoms with van der Waals surface area (Å²) >= 11 is 0. The largest absolute Gasteiger partial charge is 0.325 e. The van der Waals surface area contributed by atoms with E-state index in [1.807, 2.05) is 30.3 Å². The highest BCUT2D eigenvalue weighted by atomic mass is 16.2. The quantitative estimate of drug-likeness (QED) is 0.656. The minimum absolute atomic E-state index is 0.388. The molecule has 3 N–H and O–H groups in total. The molecule has 0 aliphatic heterocycles. The Kier molecular flexibility index (Phi) is 2.83. The van der Waals surface area contributed by atoms with Crippen molar-refractivity contribution in [3.63, 3.8) is 0 Å². The van der Waals surface area contributed by atoms with Crippen LogP contribution in [0, 0.1) is 6.92 Å². The summed E-state index contributed by atoms with van der Waals surface area (Å²) < 4.78 is 0. The van der Waals surface area contributed by atoms with Crippen LogP contribution in [0.2, 0.25) is 0 Å². The van der Waals surface area contributed by atoms with Gasteiger partial charge in [-0.1, -0.05) is 24.3 Å². The molecule has 2 heterocycles. The highest BCUT2D eigenvalue weighted by molar-refractivity contribution is 5.69. The summed E-state index contributed by atoms with van der Waals surface area (Å²) in [6, 6.07) is 9.34. The smallest absolute Gasteiger partial charge is 0.311 e. The van der Waals surface area contributed by atoms with Crippen LogP contribution in [0.1, 0.15) is 5.69 Å². The molecule has 3 rings (SSSR count). The minimum atomic E-state index is -0.495. The summed E-state index contributed by atoms with van der Waals surface area (Å²) in [5, 5.41) is 6.77. The zero-order valence-corrected chi connectivity index (χ0v) is 10.7. The van der Waals surface area contributed by atoms with Crippen LogP contribution in [0.4, 0.5) is 0 Å². The summed E-state index contributed by atoms with van der Waals surface area (Å²) in [5.74, 6) is 0. The highest BCUT2D eigenvalue weighted by Crippen LogP contribution is 2.22. The van der Waals surface area contributed by atoms with Gasteiger partial charge in [0.05, 0.1) is 11.3 Å². The number of aryl methyl sites for hydroxylation is 1. The van der Waals surface area contributed by atoms with Crippen molar-refractivity contribution in [1.29, 1.82) is 0 Å². The van der Waals surface area contributed by atoms with E-state index in [1.54, 1.807) is 13.1 Å². The molecule has 6 nitrogen and oxygen atoms in total. The number of nitrogens with one attached hydrogen (secondary N) is 3. The van der Waals surface area contributed by atoms with E-state index in [0.29, 0.717) is 11.3 Å². The number of nitrogens with zero attached hydrogens (tertiary/aromatic N) is 1. The van der Waals surface area contributed by atoms with Gasteiger partial charge in [-0.05, 0) is 24.1 Å². The molecule has 0 aliphatic rings. The standard InChI is InChI=1S/C14H12N4O2/c1-8-12(13(19)17-14(20)16-8)10-4-2-9(3-5-10)11-6-7-15-18-11/h2-7H,1H3,(H,15,18)(H2,16,17,19,20). The third-order valence-electron chi connectivity index (χ3n) is 3.12. The molecular weight excluding hydrogens is 256 g/mol. The molecule has 0 atom stereocenters. The predicted octanol–water partition coefficient (Wildman–Crippen LogP) is 1.43. The molecule has 6 heteroatoms. The van der Waals surface area contributed by atoms with Gasteiger partial charge in [-0.25, -0.2) is 4.79 Å². The van der Waals surface area contributed by atoms with E-state index in [4.69, 9.17) is 0 Å². The van der Waals surface area contributed by atoms with Crippen molar-refractivity contribution < 1.29 is 0 Å². The minimum Gasteiger partial charge on any atom is -0.311 e. The number of H-pyrrole nitrogens is 3. The van der Waals surface area contributed by atoms with Crippen molar-refractivity contribution in [2.45, 2.75) is 6.92 Å². The van der Waals surface area contributed by atoms with Gasteiger partial charge in [0.15, 0.2) is 0 Å². The average Bonchev–Trinajstić information content (AvgIpc) is 2.92. The Morgan fingerprint density at radius 1 is 0.950 bits per heavy atom. The molecule has 0 spiro atoms. The lowest BCUT2D eigenvalue weighted by Crippen LogP contribution is -2.24. The van der Waals surface area contributed by atoms with Crippen LogP contribution in [-0.2, 0) is 0 Å². The maximum Gasteiger partial charge on any atom is 0.325 e. The maximum absolute atomic E-state index is 11.9. The molecule has 0 bridgehead atoms. The SMILES string of the molecule is Cc1[nH]c(=O)[nH]c(=O)c1-c1ccc(-c2ccn[nH]2)cc1. The Morgan fingerprint density at radius 2 is 1.65 bits per heavy atom. The topological polar surface area (TPSA) is 94.4 Å². The highest BCUT2D eigenvalue weighted by Gasteiger charge is 2.09. The van der Waals surface area contributed by atoms with Gasteiger partial charge >= 0.3 is 5.69 Å². The number of hydrogen-bond acceptors (Lipinski definition) is 3. The van der Waals surface area contributed by atoms with Crippen LogP contribution in [0.25, 0.3) is 22.4 Å². The number of benzene rings is 1. The maximum atomic E-state index is 11.9. The lowest BCUT2D eigenvalue weighted by atomic mass is 10.0. The van der Waals surface area contributed by atoms with Gasteiger partial charge in [0, 0.05) is 11.9 Å². The van der Waals surface area contributed by atoms with Crippen molar-refractivity contribution in [1.82, 2.24) is 20.2 Å². The van der Waals surface area contributed by atoms with Crippen LogP contribution in [0.15, 0.2) is 46.1 Å². The molecule has 0 saturated heterocycles. The van der Waals surface area contributed by atoms with Gasteiger partial charge in [0.2, 0.25) is 0 Å². The van der Waals surface area contributed by atoms with Crippen molar-refractivity contribution in [3.05, 3.63) is 63.1 Å². The molecule has 0 unspecified atom stereocenters. The first kappa shape index (κ1) is 12.2. The number of aromatic amines is 3. The molecule has 20 heavy (non-hydrogen) atoms. The summed E-state index contributed by atoms with van der Waals surface area (Å²) in [4.78, 5) is 27.9. The molecule has 3 aromatic rings. The fourth-order valence-corrected chi connectivity index (χ4v) is 2.18. The second-order valence-corrected chi connectivity index (χ2v) is 4.46. The van der Waals surface area contributed by atoms with E-state index in [0.717, 1.165) is 16.8 Å². The van der Waals surface area contributed by atoms with Crippen molar-refractivity contribution in [2.75, 3.05) is 0 Å². The third-order valence-corrected chi connectivity index (χ3v) is 3.12. The lowest BCUT2D eigenvalue weighted by Gasteiger charge is -2.05. The van der Waals surface area contributed by atoms with E-state index in [9.17, 15) is 9.59 Å². The van der Waals surface area contributed by atoms with Crippen LogP contribution >= 0.6 is 0 Å². The van der Waals surface area contributed by atoms with E-state index in [2.05, 4.69) is 20.2 Å². The summed E-state index contributed by atoms with van der Waals surface area (Å²) in [7, 11) is 0. The van der Waals surface area contributed by atoms with Crippen molar-refractivity contribution in [2.24, 2.45) is 0 Å². The van der Waals surface area contributed by atoms with Crippen LogP contribution in [0.3, 0.4) is 0 Å². The molecule has 0 aliphatic carbocycles. The van der Waals surface area contributed by atoms with Gasteiger partial charge in [0.1, 0.15) is 0 Å². The number of rotatable bonds is 2. The summed E-state index contributed by atoms with van der Waals surface area (Å²) in [5.41, 5.74) is 2.77. The normalized spacial score (nSPS) is 10.7. The van der Waals surface area contributed by atoms with E-state index in [-0.39, 0.29) is 5.56 Å². The Labute approximate surface area is 113 Å². The molecule has 0 radical (unpaired) electrons. The van der Waals surface area contributed by atoms with E-state index >= 15 is 0 Å². The van der Waals surface area contributed by atoms with Gasteiger partial charge in [-0.3, -0.25) is 14.9 Å². The van der Waals surface area contributed by atoms with Crippen molar-refractivity contribution in [3.8, 4) is 22.4 Å². The van der Waals surface area contributed by atoms with Crippen molar-refractivity contribution >= 4 is 0 Å². The van der Waals surface area contributed by atoms with E-state index < -0.39 is 5.69 Å². The van der Waals surface area contributed by atoms with Gasteiger partial charge < -0.3 is 4.98 Å². The Morgan fingerprint density at radius 3 is 2.25 bits per heavy atom. The monoisotopic (exact) mass is 268 g/mol. The van der Waals surface area contributed by atoms with Crippen LogP contribution < -0.4 is 11.2 Å². The average molecular weight is 268 g/mol. The molecular formula is C14H12N4O2. The Bertz CT molecular complexity index is 842. The van der Waals surface area contributed by atoms with Gasteiger partial charge in [-0.15, -0.1) is 0 Å². The molecule has 0 fully saturated rings. The van der Waals surface area contributed by atoms with E-state index in [1.165, 1.54) is 0 Å². The van der Waals surface area contributed by atoms with Gasteiger partial charge in [-0.2, -0.15) is 5.10 Å². The third kappa shape index (κ3) is 2.07. The second-order valence-electron chi connectivity index (χ2n) is 4.46. The fourth-order valence-electron chi connectivity index (χ4n) is 2.18. The van der Waals surface area contributed by atoms with Crippen LogP contribution in [0.5, 0.6) is 0 Å². The summed E-state index contributed by atoms with van der Waals surface area (Å²) in [6.07, 6.45) is 1.68. The molecule has 0 amide bonds. The lowest BCUT2D eigenvalue weighted by molar-refractivity contribution is 0.999. The Hall–Kier alpha value is -2.89. The summed E-state index contributed by atoms with van der Waals surface area (Å²) in [6.45, 7) is 1.70. The Balaban J connectivity index is 2.09. The second kappa shape index (κ2) is 4.65. The first-order valence-electron chi connectivity index (χ1n) is 6.08. The molecule has 2 aromatic heterocycles. The first-order chi connectivity index (χ1) is 9.65. The number of hydrogen-bond donors (Lipinski definition) is 3. The predicted molar refractivity (Wildman–Crippen MR) is 75.4 cm³/mol. The zero-order chi connectivity index (χ0) is 14.1. The number of aromatic nitrogens is 4. The first-order valence-corrected chi connectivity index (χ1v) is 6.08. The molecule has 1 aromatic carbocycles.